The molecule has 166 valence electrons. The van der Waals surface area contributed by atoms with Gasteiger partial charge in [-0.1, -0.05) is 42.5 Å². The van der Waals surface area contributed by atoms with Crippen LogP contribution in [-0.2, 0) is 9.59 Å². The zero-order valence-electron chi connectivity index (χ0n) is 17.0. The summed E-state index contributed by atoms with van der Waals surface area (Å²) in [4.78, 5) is 36.8. The molecule has 0 aliphatic carbocycles. The van der Waals surface area contributed by atoms with E-state index in [-0.39, 0.29) is 23.3 Å². The standard InChI is InChI=1S/C22H20FN3O4S2/c23-16-7-5-15(6-8-16)14-19-21(28)25(22(31)32-19)13-3-1-2-4-20(27)24-17-9-11-18(12-10-17)26(29)30/h5-12,14H,1-4,13H2,(H,24,27)/b19-14-. The van der Waals surface area contributed by atoms with Crippen molar-refractivity contribution >= 4 is 57.6 Å². The number of nitrogens with one attached hydrogen (secondary N) is 1. The van der Waals surface area contributed by atoms with E-state index < -0.39 is 4.92 Å². The van der Waals surface area contributed by atoms with E-state index in [1.807, 2.05) is 0 Å². The molecule has 0 unspecified atom stereocenters. The number of nitro groups is 1. The Bertz CT molecular complexity index is 1060. The van der Waals surface area contributed by atoms with Gasteiger partial charge in [0.1, 0.15) is 10.1 Å². The van der Waals surface area contributed by atoms with E-state index >= 15 is 0 Å². The predicted molar refractivity (Wildman–Crippen MR) is 126 cm³/mol. The first kappa shape index (κ1) is 23.6. The fourth-order valence-corrected chi connectivity index (χ4v) is 4.33. The number of nitrogens with zero attached hydrogens (tertiary/aromatic N) is 2. The third-order valence-corrected chi connectivity index (χ3v) is 6.07. The summed E-state index contributed by atoms with van der Waals surface area (Å²) in [7, 11) is 0. The van der Waals surface area contributed by atoms with Crippen molar-refractivity contribution in [3.8, 4) is 0 Å². The van der Waals surface area contributed by atoms with Gasteiger partial charge in [-0.05, 0) is 48.7 Å². The molecule has 2 amide bonds. The molecular weight excluding hydrogens is 453 g/mol. The fourth-order valence-electron chi connectivity index (χ4n) is 3.03. The van der Waals surface area contributed by atoms with Crippen molar-refractivity contribution in [2.24, 2.45) is 0 Å². The van der Waals surface area contributed by atoms with Crippen LogP contribution in [0.4, 0.5) is 15.8 Å². The second-order valence-electron chi connectivity index (χ2n) is 7.05. The van der Waals surface area contributed by atoms with E-state index in [2.05, 4.69) is 5.32 Å². The van der Waals surface area contributed by atoms with E-state index in [9.17, 15) is 24.1 Å². The Morgan fingerprint density at radius 1 is 1.12 bits per heavy atom. The molecule has 0 saturated carbocycles. The summed E-state index contributed by atoms with van der Waals surface area (Å²) in [5.74, 6) is -0.678. The van der Waals surface area contributed by atoms with Crippen LogP contribution in [0.15, 0.2) is 53.4 Å². The minimum atomic E-state index is -0.498. The number of thiocarbonyl (C=S) groups is 1. The highest BCUT2D eigenvalue weighted by Gasteiger charge is 2.31. The summed E-state index contributed by atoms with van der Waals surface area (Å²) >= 11 is 6.53. The molecule has 1 aliphatic rings. The molecule has 1 N–H and O–H groups in total. The first-order valence-corrected chi connectivity index (χ1v) is 11.1. The van der Waals surface area contributed by atoms with Crippen molar-refractivity contribution in [2.75, 3.05) is 11.9 Å². The zero-order valence-corrected chi connectivity index (χ0v) is 18.6. The summed E-state index contributed by atoms with van der Waals surface area (Å²) < 4.78 is 13.5. The molecule has 2 aromatic rings. The van der Waals surface area contributed by atoms with Crippen LogP contribution in [0.3, 0.4) is 0 Å². The molecule has 10 heteroatoms. The number of anilines is 1. The Morgan fingerprint density at radius 3 is 2.47 bits per heavy atom. The summed E-state index contributed by atoms with van der Waals surface area (Å²) in [5.41, 5.74) is 1.20. The van der Waals surface area contributed by atoms with Gasteiger partial charge < -0.3 is 5.32 Å². The quantitative estimate of drug-likeness (QED) is 0.178. The summed E-state index contributed by atoms with van der Waals surface area (Å²) in [6.45, 7) is 0.468. The van der Waals surface area contributed by atoms with Crippen LogP contribution >= 0.6 is 24.0 Å². The number of hydrogen-bond donors (Lipinski definition) is 1. The third-order valence-electron chi connectivity index (χ3n) is 4.69. The number of rotatable bonds is 9. The predicted octanol–water partition coefficient (Wildman–Crippen LogP) is 5.13. The van der Waals surface area contributed by atoms with Gasteiger partial charge in [-0.3, -0.25) is 24.6 Å². The van der Waals surface area contributed by atoms with Crippen molar-refractivity contribution in [2.45, 2.75) is 25.7 Å². The number of amides is 2. The van der Waals surface area contributed by atoms with E-state index in [4.69, 9.17) is 12.2 Å². The summed E-state index contributed by atoms with van der Waals surface area (Å²) in [5, 5.41) is 13.4. The van der Waals surface area contributed by atoms with Crippen LogP contribution in [0.2, 0.25) is 0 Å². The topological polar surface area (TPSA) is 92.6 Å². The molecule has 3 rings (SSSR count). The van der Waals surface area contributed by atoms with Crippen molar-refractivity contribution in [1.82, 2.24) is 4.90 Å². The largest absolute Gasteiger partial charge is 0.326 e. The Labute approximate surface area is 193 Å². The zero-order chi connectivity index (χ0) is 23.1. The second kappa shape index (κ2) is 11.0. The van der Waals surface area contributed by atoms with E-state index in [1.54, 1.807) is 23.1 Å². The Balaban J connectivity index is 1.40. The van der Waals surface area contributed by atoms with Crippen LogP contribution in [-0.4, -0.2) is 32.5 Å². The van der Waals surface area contributed by atoms with E-state index in [0.717, 1.165) is 12.0 Å². The summed E-state index contributed by atoms with van der Waals surface area (Å²) in [6.07, 6.45) is 4.07. The van der Waals surface area contributed by atoms with Crippen molar-refractivity contribution in [3.05, 3.63) is 74.9 Å². The first-order valence-electron chi connectivity index (χ1n) is 9.89. The highest BCUT2D eigenvalue weighted by atomic mass is 32.2. The molecule has 1 aliphatic heterocycles. The van der Waals surface area contributed by atoms with Crippen LogP contribution < -0.4 is 5.32 Å². The van der Waals surface area contributed by atoms with E-state index in [1.165, 1.54) is 48.2 Å². The van der Waals surface area contributed by atoms with Gasteiger partial charge in [0.2, 0.25) is 5.91 Å². The molecular formula is C22H20FN3O4S2. The number of halogens is 1. The van der Waals surface area contributed by atoms with Crippen molar-refractivity contribution in [3.63, 3.8) is 0 Å². The van der Waals surface area contributed by atoms with Gasteiger partial charge >= 0.3 is 0 Å². The number of nitro benzene ring substituents is 1. The molecule has 1 fully saturated rings. The molecule has 0 aromatic heterocycles. The summed E-state index contributed by atoms with van der Waals surface area (Å²) in [6, 6.07) is 11.5. The van der Waals surface area contributed by atoms with Gasteiger partial charge in [0.15, 0.2) is 0 Å². The Hall–Kier alpha value is -3.11. The lowest BCUT2D eigenvalue weighted by Gasteiger charge is -2.14. The Kier molecular flexibility index (Phi) is 8.07. The van der Waals surface area contributed by atoms with Gasteiger partial charge in [0.25, 0.3) is 11.6 Å². The smallest absolute Gasteiger partial charge is 0.269 e. The van der Waals surface area contributed by atoms with Crippen molar-refractivity contribution in [1.29, 1.82) is 0 Å². The molecule has 0 spiro atoms. The third kappa shape index (κ3) is 6.44. The van der Waals surface area contributed by atoms with Crippen LogP contribution in [0.5, 0.6) is 0 Å². The Morgan fingerprint density at radius 2 is 1.81 bits per heavy atom. The number of benzene rings is 2. The number of thioether (sulfide) groups is 1. The van der Waals surface area contributed by atoms with Crippen LogP contribution in [0.25, 0.3) is 6.08 Å². The average molecular weight is 474 g/mol. The number of carbonyl (C=O) groups excluding carboxylic acids is 2. The normalized spacial score (nSPS) is 14.8. The lowest BCUT2D eigenvalue weighted by atomic mass is 10.1. The van der Waals surface area contributed by atoms with E-state index in [0.29, 0.717) is 40.7 Å². The molecule has 0 atom stereocenters. The monoisotopic (exact) mass is 473 g/mol. The van der Waals surface area contributed by atoms with Gasteiger partial charge in [-0.25, -0.2) is 4.39 Å². The number of carbonyl (C=O) groups is 2. The number of hydrogen-bond acceptors (Lipinski definition) is 6. The van der Waals surface area contributed by atoms with Crippen molar-refractivity contribution < 1.29 is 18.9 Å². The van der Waals surface area contributed by atoms with Gasteiger partial charge in [-0.2, -0.15) is 0 Å². The molecule has 1 saturated heterocycles. The lowest BCUT2D eigenvalue weighted by molar-refractivity contribution is -0.384. The van der Waals surface area contributed by atoms with Crippen LogP contribution in [0, 0.1) is 15.9 Å². The minimum absolute atomic E-state index is 0.0359. The van der Waals surface area contributed by atoms with Gasteiger partial charge in [-0.15, -0.1) is 0 Å². The molecule has 2 aromatic carbocycles. The maximum Gasteiger partial charge on any atom is 0.269 e. The number of unbranched alkanes of at least 4 members (excludes halogenated alkanes) is 2. The fraction of sp³-hybridized carbons (Fsp3) is 0.227. The maximum atomic E-state index is 13.0. The SMILES string of the molecule is O=C(CCCCCN1C(=O)/C(=C/c2ccc(F)cc2)SC1=S)Nc1ccc([N+](=O)[O-])cc1. The second-order valence-corrected chi connectivity index (χ2v) is 8.72. The lowest BCUT2D eigenvalue weighted by Crippen LogP contribution is -2.29. The highest BCUT2D eigenvalue weighted by molar-refractivity contribution is 8.26. The average Bonchev–Trinajstić information content (AvgIpc) is 3.02. The van der Waals surface area contributed by atoms with Crippen LogP contribution in [0.1, 0.15) is 31.2 Å². The minimum Gasteiger partial charge on any atom is -0.326 e. The molecule has 0 radical (unpaired) electrons. The number of non-ortho nitro benzene ring substituents is 1. The van der Waals surface area contributed by atoms with Gasteiger partial charge in [0.05, 0.1) is 9.83 Å². The molecule has 32 heavy (non-hydrogen) atoms. The highest BCUT2D eigenvalue weighted by Crippen LogP contribution is 2.32. The van der Waals surface area contributed by atoms with Gasteiger partial charge in [0, 0.05) is 30.8 Å². The first-order chi connectivity index (χ1) is 15.3. The molecule has 7 nitrogen and oxygen atoms in total. The maximum absolute atomic E-state index is 13.0. The molecule has 1 heterocycles. The molecule has 0 bridgehead atoms.